The lowest BCUT2D eigenvalue weighted by molar-refractivity contribution is 0.324. The highest BCUT2D eigenvalue weighted by Gasteiger charge is 2.13. The summed E-state index contributed by atoms with van der Waals surface area (Å²) in [6, 6.07) is 11.7. The molecule has 158 valence electrons. The number of methoxy groups -OCH3 is 3. The molecule has 4 aromatic rings. The summed E-state index contributed by atoms with van der Waals surface area (Å²) in [6.45, 7) is 2.04. The van der Waals surface area contributed by atoms with Gasteiger partial charge < -0.3 is 14.2 Å². The zero-order valence-electron chi connectivity index (χ0n) is 17.6. The Labute approximate surface area is 182 Å². The molecule has 0 aliphatic rings. The quantitative estimate of drug-likeness (QED) is 0.463. The van der Waals surface area contributed by atoms with E-state index in [1.165, 1.54) is 21.4 Å². The van der Waals surface area contributed by atoms with Crippen LogP contribution in [0.3, 0.4) is 0 Å². The van der Waals surface area contributed by atoms with Crippen molar-refractivity contribution in [1.29, 1.82) is 0 Å². The monoisotopic (exact) mass is 435 g/mol. The van der Waals surface area contributed by atoms with Gasteiger partial charge in [0.2, 0.25) is 10.7 Å². The fourth-order valence-corrected chi connectivity index (χ4v) is 4.02. The third-order valence-corrected chi connectivity index (χ3v) is 5.64. The molecule has 8 heteroatoms. The normalized spacial score (nSPS) is 12.1. The number of aromatic nitrogens is 3. The summed E-state index contributed by atoms with van der Waals surface area (Å²) >= 11 is 1.27. The smallest absolute Gasteiger partial charge is 0.291 e. The first-order chi connectivity index (χ1) is 15.0. The molecule has 0 N–H and O–H groups in total. The van der Waals surface area contributed by atoms with E-state index in [2.05, 4.69) is 10.1 Å². The molecule has 0 unspecified atom stereocenters. The van der Waals surface area contributed by atoms with Crippen molar-refractivity contribution in [1.82, 2.24) is 14.6 Å². The number of aryl methyl sites for hydroxylation is 1. The van der Waals surface area contributed by atoms with E-state index in [4.69, 9.17) is 14.2 Å². The van der Waals surface area contributed by atoms with Crippen LogP contribution < -0.4 is 24.3 Å². The van der Waals surface area contributed by atoms with Crippen molar-refractivity contribution >= 4 is 34.5 Å². The van der Waals surface area contributed by atoms with Crippen LogP contribution in [-0.4, -0.2) is 35.9 Å². The van der Waals surface area contributed by atoms with Gasteiger partial charge in [0.25, 0.3) is 5.56 Å². The SMILES string of the molecule is COc1cc(/C=c2/sc3nc(/C=C/c4ccc(C)cc4)nn3c2=O)cc(OC)c1OC. The molecule has 0 bridgehead atoms. The summed E-state index contributed by atoms with van der Waals surface area (Å²) < 4.78 is 17.9. The van der Waals surface area contributed by atoms with Crippen LogP contribution in [-0.2, 0) is 0 Å². The molecule has 0 saturated carbocycles. The van der Waals surface area contributed by atoms with Gasteiger partial charge in [-0.05, 0) is 42.3 Å². The lowest BCUT2D eigenvalue weighted by Crippen LogP contribution is -2.23. The number of thiazole rings is 1. The molecule has 0 aliphatic heterocycles. The zero-order valence-corrected chi connectivity index (χ0v) is 18.4. The van der Waals surface area contributed by atoms with E-state index in [9.17, 15) is 4.79 Å². The van der Waals surface area contributed by atoms with Crippen LogP contribution in [0.25, 0.3) is 23.2 Å². The summed E-state index contributed by atoms with van der Waals surface area (Å²) in [7, 11) is 4.65. The molecule has 0 saturated heterocycles. The minimum Gasteiger partial charge on any atom is -0.493 e. The maximum absolute atomic E-state index is 12.8. The molecular formula is C23H21N3O4S. The van der Waals surface area contributed by atoms with Gasteiger partial charge in [0.1, 0.15) is 0 Å². The van der Waals surface area contributed by atoms with Gasteiger partial charge in [-0.15, -0.1) is 5.10 Å². The molecule has 7 nitrogen and oxygen atoms in total. The van der Waals surface area contributed by atoms with Crippen molar-refractivity contribution in [2.24, 2.45) is 0 Å². The number of hydrogen-bond donors (Lipinski definition) is 0. The first kappa shape index (κ1) is 20.6. The van der Waals surface area contributed by atoms with Crippen LogP contribution in [0, 0.1) is 6.92 Å². The molecule has 2 aromatic heterocycles. The average molecular weight is 436 g/mol. The van der Waals surface area contributed by atoms with E-state index in [0.29, 0.717) is 32.6 Å². The maximum atomic E-state index is 12.8. The number of rotatable bonds is 6. The van der Waals surface area contributed by atoms with E-state index in [1.807, 2.05) is 37.3 Å². The van der Waals surface area contributed by atoms with Crippen LogP contribution >= 0.6 is 11.3 Å². The molecular weight excluding hydrogens is 414 g/mol. The van der Waals surface area contributed by atoms with Gasteiger partial charge in [-0.1, -0.05) is 47.2 Å². The third-order valence-electron chi connectivity index (χ3n) is 4.69. The average Bonchev–Trinajstić information content (AvgIpc) is 3.31. The standard InChI is InChI=1S/C23H21N3O4S/c1-14-5-7-15(8-6-14)9-10-20-24-23-26(25-20)22(27)19(31-23)13-16-11-17(28-2)21(30-4)18(12-16)29-3/h5-13H,1-4H3/b10-9+,19-13+. The van der Waals surface area contributed by atoms with Crippen LogP contribution in [0.5, 0.6) is 17.2 Å². The Balaban J connectivity index is 1.69. The van der Waals surface area contributed by atoms with Crippen molar-refractivity contribution in [3.8, 4) is 17.2 Å². The highest BCUT2D eigenvalue weighted by atomic mass is 32.1. The van der Waals surface area contributed by atoms with Gasteiger partial charge in [-0.2, -0.15) is 9.50 Å². The topological polar surface area (TPSA) is 75.0 Å². The Morgan fingerprint density at radius 1 is 0.935 bits per heavy atom. The Morgan fingerprint density at radius 3 is 2.19 bits per heavy atom. The van der Waals surface area contributed by atoms with Crippen molar-refractivity contribution < 1.29 is 14.2 Å². The Kier molecular flexibility index (Phi) is 5.73. The summed E-state index contributed by atoms with van der Waals surface area (Å²) in [5.41, 5.74) is 2.76. The Hall–Kier alpha value is -3.65. The molecule has 0 atom stereocenters. The van der Waals surface area contributed by atoms with Gasteiger partial charge >= 0.3 is 0 Å². The summed E-state index contributed by atoms with van der Waals surface area (Å²) in [5, 5.41) is 4.33. The second-order valence-electron chi connectivity index (χ2n) is 6.78. The maximum Gasteiger partial charge on any atom is 0.291 e. The first-order valence-electron chi connectivity index (χ1n) is 9.48. The van der Waals surface area contributed by atoms with Gasteiger partial charge in [0, 0.05) is 0 Å². The van der Waals surface area contributed by atoms with Crippen LogP contribution in [0.15, 0.2) is 41.2 Å². The minimum atomic E-state index is -0.226. The summed E-state index contributed by atoms with van der Waals surface area (Å²) in [6.07, 6.45) is 5.48. The van der Waals surface area contributed by atoms with Gasteiger partial charge in [-0.25, -0.2) is 0 Å². The fourth-order valence-electron chi connectivity index (χ4n) is 3.10. The van der Waals surface area contributed by atoms with Crippen LogP contribution in [0.2, 0.25) is 0 Å². The van der Waals surface area contributed by atoms with Crippen molar-refractivity contribution in [3.63, 3.8) is 0 Å². The van der Waals surface area contributed by atoms with Crippen molar-refractivity contribution in [2.75, 3.05) is 21.3 Å². The van der Waals surface area contributed by atoms with E-state index in [0.717, 1.165) is 11.1 Å². The van der Waals surface area contributed by atoms with Gasteiger partial charge in [-0.3, -0.25) is 4.79 Å². The molecule has 0 radical (unpaired) electrons. The predicted molar refractivity (Wildman–Crippen MR) is 122 cm³/mol. The molecule has 2 heterocycles. The van der Waals surface area contributed by atoms with E-state index in [1.54, 1.807) is 45.6 Å². The van der Waals surface area contributed by atoms with E-state index < -0.39 is 0 Å². The highest BCUT2D eigenvalue weighted by molar-refractivity contribution is 7.15. The fraction of sp³-hybridized carbons (Fsp3) is 0.174. The molecule has 4 rings (SSSR count). The molecule has 0 aliphatic carbocycles. The second-order valence-corrected chi connectivity index (χ2v) is 7.79. The molecule has 0 amide bonds. The number of hydrogen-bond acceptors (Lipinski definition) is 7. The number of ether oxygens (including phenoxy) is 3. The molecule has 0 spiro atoms. The Bertz CT molecular complexity index is 1350. The first-order valence-corrected chi connectivity index (χ1v) is 10.3. The van der Waals surface area contributed by atoms with Crippen LogP contribution in [0.4, 0.5) is 0 Å². The van der Waals surface area contributed by atoms with Gasteiger partial charge in [0.05, 0.1) is 25.9 Å². The van der Waals surface area contributed by atoms with E-state index >= 15 is 0 Å². The molecule has 0 fully saturated rings. The lowest BCUT2D eigenvalue weighted by Gasteiger charge is -2.12. The second kappa shape index (κ2) is 8.61. The number of nitrogens with zero attached hydrogens (tertiary/aromatic N) is 3. The summed E-state index contributed by atoms with van der Waals surface area (Å²) in [5.74, 6) is 2.02. The molecule has 2 aromatic carbocycles. The summed E-state index contributed by atoms with van der Waals surface area (Å²) in [4.78, 5) is 17.8. The van der Waals surface area contributed by atoms with Crippen LogP contribution in [0.1, 0.15) is 22.5 Å². The third kappa shape index (κ3) is 4.15. The number of fused-ring (bicyclic) bond motifs is 1. The largest absolute Gasteiger partial charge is 0.493 e. The zero-order chi connectivity index (χ0) is 22.0. The van der Waals surface area contributed by atoms with E-state index in [-0.39, 0.29) is 5.56 Å². The van der Waals surface area contributed by atoms with Crippen molar-refractivity contribution in [3.05, 3.63) is 73.8 Å². The highest BCUT2D eigenvalue weighted by Crippen LogP contribution is 2.38. The molecule has 31 heavy (non-hydrogen) atoms. The predicted octanol–water partition coefficient (Wildman–Crippen LogP) is 3.20. The number of benzene rings is 2. The lowest BCUT2D eigenvalue weighted by atomic mass is 10.1. The van der Waals surface area contributed by atoms with Gasteiger partial charge in [0.15, 0.2) is 17.3 Å². The Morgan fingerprint density at radius 2 is 1.61 bits per heavy atom. The van der Waals surface area contributed by atoms with Crippen molar-refractivity contribution in [2.45, 2.75) is 6.92 Å². The minimum absolute atomic E-state index is 0.226.